The minimum Gasteiger partial charge on any atom is -0.313 e. The van der Waals surface area contributed by atoms with E-state index in [1.165, 1.54) is 45.1 Å². The van der Waals surface area contributed by atoms with E-state index in [-0.39, 0.29) is 0 Å². The van der Waals surface area contributed by atoms with Crippen LogP contribution in [0.15, 0.2) is 0 Å². The maximum Gasteiger partial charge on any atom is 0.00930 e. The molecule has 0 aliphatic heterocycles. The Balaban J connectivity index is 1.69. The van der Waals surface area contributed by atoms with Gasteiger partial charge in [0.2, 0.25) is 0 Å². The molecule has 94 valence electrons. The van der Waals surface area contributed by atoms with Gasteiger partial charge < -0.3 is 5.32 Å². The highest BCUT2D eigenvalue weighted by molar-refractivity contribution is 4.83. The Bertz CT molecular complexity index is 213. The predicted molar refractivity (Wildman–Crippen MR) is 70.5 cm³/mol. The monoisotopic (exact) mass is 223 g/mol. The van der Waals surface area contributed by atoms with Crippen LogP contribution in [-0.4, -0.2) is 12.6 Å². The molecule has 1 nitrogen and oxygen atoms in total. The van der Waals surface area contributed by atoms with Gasteiger partial charge in [-0.1, -0.05) is 27.2 Å². The minimum absolute atomic E-state index is 0.812. The number of nitrogens with one attached hydrogen (secondary N) is 1. The zero-order chi connectivity index (χ0) is 11.5. The van der Waals surface area contributed by atoms with Crippen LogP contribution >= 0.6 is 0 Å². The molecule has 0 heterocycles. The minimum atomic E-state index is 0.812. The first kappa shape index (κ1) is 12.4. The van der Waals surface area contributed by atoms with Crippen LogP contribution in [0, 0.1) is 23.7 Å². The Labute approximate surface area is 101 Å². The van der Waals surface area contributed by atoms with Gasteiger partial charge in [-0.05, 0) is 62.3 Å². The molecule has 2 aliphatic carbocycles. The third-order valence-corrected chi connectivity index (χ3v) is 4.90. The lowest BCUT2D eigenvalue weighted by Crippen LogP contribution is -2.41. The van der Waals surface area contributed by atoms with Crippen LogP contribution in [0.4, 0.5) is 0 Å². The molecule has 0 amide bonds. The van der Waals surface area contributed by atoms with Gasteiger partial charge in [0.1, 0.15) is 0 Å². The van der Waals surface area contributed by atoms with Crippen LogP contribution in [-0.2, 0) is 0 Å². The smallest absolute Gasteiger partial charge is 0.00930 e. The van der Waals surface area contributed by atoms with Crippen molar-refractivity contribution in [1.82, 2.24) is 5.32 Å². The first-order chi connectivity index (χ1) is 7.65. The fourth-order valence-electron chi connectivity index (χ4n) is 3.80. The molecular formula is C15H29N. The van der Waals surface area contributed by atoms with Gasteiger partial charge in [-0.25, -0.2) is 0 Å². The van der Waals surface area contributed by atoms with Gasteiger partial charge in [-0.3, -0.25) is 0 Å². The van der Waals surface area contributed by atoms with Crippen LogP contribution in [0.3, 0.4) is 0 Å². The first-order valence-electron chi connectivity index (χ1n) is 7.38. The van der Waals surface area contributed by atoms with E-state index in [1.807, 2.05) is 0 Å². The van der Waals surface area contributed by atoms with Crippen molar-refractivity contribution in [2.24, 2.45) is 23.7 Å². The van der Waals surface area contributed by atoms with E-state index in [9.17, 15) is 0 Å². The maximum absolute atomic E-state index is 3.85. The van der Waals surface area contributed by atoms with Gasteiger partial charge in [0.15, 0.2) is 0 Å². The van der Waals surface area contributed by atoms with Crippen molar-refractivity contribution < 1.29 is 0 Å². The molecule has 1 N–H and O–H groups in total. The van der Waals surface area contributed by atoms with E-state index in [2.05, 4.69) is 26.1 Å². The number of hydrogen-bond acceptors (Lipinski definition) is 1. The van der Waals surface area contributed by atoms with Crippen LogP contribution in [0.5, 0.6) is 0 Å². The second kappa shape index (κ2) is 5.53. The van der Waals surface area contributed by atoms with Gasteiger partial charge in [0, 0.05) is 6.04 Å². The molecule has 1 heteroatoms. The van der Waals surface area contributed by atoms with E-state index in [0.717, 1.165) is 29.7 Å². The Morgan fingerprint density at radius 3 is 2.19 bits per heavy atom. The van der Waals surface area contributed by atoms with Crippen molar-refractivity contribution >= 4 is 0 Å². The first-order valence-corrected chi connectivity index (χ1v) is 7.38. The molecule has 2 saturated carbocycles. The van der Waals surface area contributed by atoms with Crippen LogP contribution in [0.1, 0.15) is 59.3 Å². The van der Waals surface area contributed by atoms with E-state index in [4.69, 9.17) is 0 Å². The summed E-state index contributed by atoms with van der Waals surface area (Å²) in [6.07, 6.45) is 8.66. The maximum atomic E-state index is 3.85. The van der Waals surface area contributed by atoms with Crippen LogP contribution < -0.4 is 5.32 Å². The molecule has 0 spiro atoms. The summed E-state index contributed by atoms with van der Waals surface area (Å²) in [5.74, 6) is 3.80. The highest BCUT2D eigenvalue weighted by atomic mass is 14.9. The molecule has 0 aromatic rings. The van der Waals surface area contributed by atoms with E-state index in [0.29, 0.717) is 0 Å². The quantitative estimate of drug-likeness (QED) is 0.766. The Morgan fingerprint density at radius 2 is 1.56 bits per heavy atom. The second-order valence-electron chi connectivity index (χ2n) is 6.69. The summed E-state index contributed by atoms with van der Waals surface area (Å²) in [4.78, 5) is 0. The second-order valence-corrected chi connectivity index (χ2v) is 6.69. The number of rotatable bonds is 3. The molecule has 0 bridgehead atoms. The van der Waals surface area contributed by atoms with Gasteiger partial charge in [0.05, 0.1) is 0 Å². The molecule has 2 rings (SSSR count). The van der Waals surface area contributed by atoms with Crippen molar-refractivity contribution in [3.8, 4) is 0 Å². The molecule has 5 unspecified atom stereocenters. The molecule has 2 aliphatic rings. The lowest BCUT2D eigenvalue weighted by molar-refractivity contribution is 0.221. The fourth-order valence-corrected chi connectivity index (χ4v) is 3.80. The molecule has 16 heavy (non-hydrogen) atoms. The molecule has 5 atom stereocenters. The van der Waals surface area contributed by atoms with E-state index in [1.54, 1.807) is 0 Å². The molecule has 0 aromatic carbocycles. The topological polar surface area (TPSA) is 12.0 Å². The van der Waals surface area contributed by atoms with Gasteiger partial charge in [-0.2, -0.15) is 0 Å². The van der Waals surface area contributed by atoms with Crippen molar-refractivity contribution in [1.29, 1.82) is 0 Å². The lowest BCUT2D eigenvalue weighted by Gasteiger charge is -2.34. The summed E-state index contributed by atoms with van der Waals surface area (Å²) >= 11 is 0. The van der Waals surface area contributed by atoms with Crippen LogP contribution in [0.2, 0.25) is 0 Å². The average molecular weight is 223 g/mol. The highest BCUT2D eigenvalue weighted by Gasteiger charge is 2.27. The fraction of sp³-hybridized carbons (Fsp3) is 1.00. The van der Waals surface area contributed by atoms with Gasteiger partial charge in [0.25, 0.3) is 0 Å². The van der Waals surface area contributed by atoms with Crippen LogP contribution in [0.25, 0.3) is 0 Å². The zero-order valence-corrected chi connectivity index (χ0v) is 11.3. The molecular weight excluding hydrogens is 194 g/mol. The summed E-state index contributed by atoms with van der Waals surface area (Å²) in [6, 6.07) is 0.812. The highest BCUT2D eigenvalue weighted by Crippen LogP contribution is 2.31. The van der Waals surface area contributed by atoms with Crippen molar-refractivity contribution in [2.45, 2.75) is 65.3 Å². The SMILES string of the molecule is CC1CCC(CNC2CCC(C)CC2C)C1. The van der Waals surface area contributed by atoms with E-state index < -0.39 is 0 Å². The summed E-state index contributed by atoms with van der Waals surface area (Å²) in [5.41, 5.74) is 0. The Kier molecular flexibility index (Phi) is 4.29. The van der Waals surface area contributed by atoms with Crippen molar-refractivity contribution in [3.63, 3.8) is 0 Å². The average Bonchev–Trinajstić information content (AvgIpc) is 2.63. The third kappa shape index (κ3) is 3.23. The van der Waals surface area contributed by atoms with E-state index >= 15 is 0 Å². The zero-order valence-electron chi connectivity index (χ0n) is 11.3. The third-order valence-electron chi connectivity index (χ3n) is 4.90. The summed E-state index contributed by atoms with van der Waals surface area (Å²) in [5, 5.41) is 3.85. The molecule has 2 fully saturated rings. The molecule has 0 saturated heterocycles. The Hall–Kier alpha value is -0.0400. The molecule has 0 radical (unpaired) electrons. The number of hydrogen-bond donors (Lipinski definition) is 1. The largest absolute Gasteiger partial charge is 0.313 e. The summed E-state index contributed by atoms with van der Waals surface area (Å²) < 4.78 is 0. The standard InChI is InChI=1S/C15H29N/c1-11-5-7-15(13(3)8-11)16-10-14-6-4-12(2)9-14/h11-16H,4-10H2,1-3H3. The lowest BCUT2D eigenvalue weighted by atomic mass is 9.80. The van der Waals surface area contributed by atoms with Gasteiger partial charge >= 0.3 is 0 Å². The Morgan fingerprint density at radius 1 is 0.875 bits per heavy atom. The summed E-state index contributed by atoms with van der Waals surface area (Å²) in [7, 11) is 0. The summed E-state index contributed by atoms with van der Waals surface area (Å²) in [6.45, 7) is 8.54. The van der Waals surface area contributed by atoms with Gasteiger partial charge in [-0.15, -0.1) is 0 Å². The van der Waals surface area contributed by atoms with Crippen molar-refractivity contribution in [2.75, 3.05) is 6.54 Å². The predicted octanol–water partition coefficient (Wildman–Crippen LogP) is 3.84. The van der Waals surface area contributed by atoms with Crippen molar-refractivity contribution in [3.05, 3.63) is 0 Å². The molecule has 0 aromatic heterocycles. The normalized spacial score (nSPS) is 44.8.